The molecule has 2 bridgehead atoms. The van der Waals surface area contributed by atoms with Crippen LogP contribution in [-0.4, -0.2) is 42.5 Å². The fraction of sp³-hybridized carbons (Fsp3) is 0.833. The first-order valence-corrected chi connectivity index (χ1v) is 6.03. The maximum Gasteiger partial charge on any atom is 0.114 e. The van der Waals surface area contributed by atoms with Crippen molar-refractivity contribution in [2.45, 2.75) is 19.1 Å². The van der Waals surface area contributed by atoms with Crippen LogP contribution in [0.3, 0.4) is 0 Å². The summed E-state index contributed by atoms with van der Waals surface area (Å²) in [5, 5.41) is 9.01. The molecule has 0 aromatic carbocycles. The normalized spacial score (nSPS) is 44.3. The summed E-state index contributed by atoms with van der Waals surface area (Å²) in [6.07, 6.45) is 7.63. The lowest BCUT2D eigenvalue weighted by Gasteiger charge is -2.30. The molecule has 3 aliphatic rings. The van der Waals surface area contributed by atoms with Gasteiger partial charge in [-0.25, -0.2) is 0 Å². The summed E-state index contributed by atoms with van der Waals surface area (Å²) in [6, 6.07) is 0. The Morgan fingerprint density at radius 1 is 1.33 bits per heavy atom. The molecule has 0 aromatic rings. The van der Waals surface area contributed by atoms with Crippen molar-refractivity contribution in [3.05, 3.63) is 12.2 Å². The molecule has 0 amide bonds. The molecule has 1 N–H and O–H groups in total. The molecule has 0 spiro atoms. The van der Waals surface area contributed by atoms with E-state index in [1.807, 2.05) is 0 Å². The number of hydrogen-bond acceptors (Lipinski definition) is 3. The van der Waals surface area contributed by atoms with Crippen molar-refractivity contribution in [2.75, 3.05) is 26.3 Å². The van der Waals surface area contributed by atoms with E-state index in [2.05, 4.69) is 17.1 Å². The van der Waals surface area contributed by atoms with E-state index in [1.54, 1.807) is 0 Å². The molecule has 1 saturated carbocycles. The van der Waals surface area contributed by atoms with Gasteiger partial charge in [-0.15, -0.1) is 0 Å². The molecule has 0 aromatic heterocycles. The van der Waals surface area contributed by atoms with Gasteiger partial charge in [-0.3, -0.25) is 4.90 Å². The third-order valence-corrected chi connectivity index (χ3v) is 4.11. The second-order valence-electron chi connectivity index (χ2n) is 4.97. The molecule has 1 saturated heterocycles. The molecule has 1 heterocycles. The summed E-state index contributed by atoms with van der Waals surface area (Å²) >= 11 is 0. The van der Waals surface area contributed by atoms with E-state index in [-0.39, 0.29) is 12.8 Å². The third kappa shape index (κ3) is 1.63. The Hall–Kier alpha value is -0.380. The van der Waals surface area contributed by atoms with E-state index in [1.165, 1.54) is 12.8 Å². The van der Waals surface area contributed by atoms with Gasteiger partial charge in [0, 0.05) is 19.0 Å². The topological polar surface area (TPSA) is 32.7 Å². The molecular formula is C12H19NO2. The van der Waals surface area contributed by atoms with Crippen molar-refractivity contribution in [1.29, 1.82) is 0 Å². The van der Waals surface area contributed by atoms with Crippen LogP contribution in [0.15, 0.2) is 12.2 Å². The van der Waals surface area contributed by atoms with Crippen molar-refractivity contribution < 1.29 is 9.84 Å². The summed E-state index contributed by atoms with van der Waals surface area (Å²) in [7, 11) is 0. The molecule has 3 heteroatoms. The molecule has 84 valence electrons. The van der Waals surface area contributed by atoms with Gasteiger partial charge in [0.1, 0.15) is 6.23 Å². The molecule has 0 radical (unpaired) electrons. The van der Waals surface area contributed by atoms with E-state index in [0.717, 1.165) is 31.5 Å². The van der Waals surface area contributed by atoms with Gasteiger partial charge in [0.15, 0.2) is 0 Å². The molecule has 3 nitrogen and oxygen atoms in total. The minimum Gasteiger partial charge on any atom is -0.395 e. The summed E-state index contributed by atoms with van der Waals surface area (Å²) in [5.74, 6) is 2.22. The van der Waals surface area contributed by atoms with Crippen LogP contribution in [0, 0.1) is 17.8 Å². The van der Waals surface area contributed by atoms with Crippen LogP contribution in [0.5, 0.6) is 0 Å². The fourth-order valence-electron chi connectivity index (χ4n) is 3.44. The van der Waals surface area contributed by atoms with Gasteiger partial charge >= 0.3 is 0 Å². The molecular weight excluding hydrogens is 190 g/mol. The maximum atomic E-state index is 9.01. The number of allylic oxidation sites excluding steroid dienone is 2. The van der Waals surface area contributed by atoms with Crippen LogP contribution < -0.4 is 0 Å². The number of β-amino-alcohol motifs (C(OH)–C–C–N with tert-alkyl or cyclic N) is 1. The van der Waals surface area contributed by atoms with E-state index in [9.17, 15) is 0 Å². The molecule has 4 atom stereocenters. The number of nitrogens with zero attached hydrogens (tertiary/aromatic N) is 1. The van der Waals surface area contributed by atoms with Crippen molar-refractivity contribution in [1.82, 2.24) is 4.90 Å². The van der Waals surface area contributed by atoms with Crippen LogP contribution in [0.25, 0.3) is 0 Å². The first-order chi connectivity index (χ1) is 7.38. The Labute approximate surface area is 90.7 Å². The van der Waals surface area contributed by atoms with E-state index < -0.39 is 0 Å². The number of fused-ring (bicyclic) bond motifs is 2. The first kappa shape index (κ1) is 9.82. The SMILES string of the molecule is OCCN1CCOC1C1CC2C=CC1C2. The van der Waals surface area contributed by atoms with Gasteiger partial charge in [-0.1, -0.05) is 12.2 Å². The maximum absolute atomic E-state index is 9.01. The predicted octanol–water partition coefficient (Wildman–Crippen LogP) is 0.849. The molecule has 2 fully saturated rings. The van der Waals surface area contributed by atoms with Gasteiger partial charge in [0.2, 0.25) is 0 Å². The fourth-order valence-corrected chi connectivity index (χ4v) is 3.44. The lowest BCUT2D eigenvalue weighted by molar-refractivity contribution is -0.0264. The lowest BCUT2D eigenvalue weighted by atomic mass is 9.91. The average Bonchev–Trinajstić information content (AvgIpc) is 2.91. The highest BCUT2D eigenvalue weighted by Gasteiger charge is 2.44. The number of rotatable bonds is 3. The van der Waals surface area contributed by atoms with Crippen LogP contribution in [-0.2, 0) is 4.74 Å². The zero-order valence-electron chi connectivity index (χ0n) is 9.01. The number of aliphatic hydroxyl groups excluding tert-OH is 1. The summed E-state index contributed by atoms with van der Waals surface area (Å²) in [6.45, 7) is 2.84. The van der Waals surface area contributed by atoms with E-state index >= 15 is 0 Å². The first-order valence-electron chi connectivity index (χ1n) is 6.03. The van der Waals surface area contributed by atoms with Crippen LogP contribution in [0.4, 0.5) is 0 Å². The van der Waals surface area contributed by atoms with Crippen molar-refractivity contribution in [2.24, 2.45) is 17.8 Å². The largest absolute Gasteiger partial charge is 0.395 e. The average molecular weight is 209 g/mol. The number of ether oxygens (including phenoxy) is 1. The molecule has 4 unspecified atom stereocenters. The van der Waals surface area contributed by atoms with Crippen molar-refractivity contribution >= 4 is 0 Å². The highest BCUT2D eigenvalue weighted by atomic mass is 16.5. The summed E-state index contributed by atoms with van der Waals surface area (Å²) in [5.41, 5.74) is 0. The molecule has 1 aliphatic heterocycles. The number of aliphatic hydroxyl groups is 1. The van der Waals surface area contributed by atoms with Crippen LogP contribution >= 0.6 is 0 Å². The van der Waals surface area contributed by atoms with Gasteiger partial charge < -0.3 is 9.84 Å². The molecule has 15 heavy (non-hydrogen) atoms. The van der Waals surface area contributed by atoms with E-state index in [4.69, 9.17) is 9.84 Å². The predicted molar refractivity (Wildman–Crippen MR) is 57.2 cm³/mol. The second-order valence-corrected chi connectivity index (χ2v) is 4.97. The second kappa shape index (κ2) is 3.89. The zero-order valence-corrected chi connectivity index (χ0v) is 9.01. The monoisotopic (exact) mass is 209 g/mol. The van der Waals surface area contributed by atoms with E-state index in [0.29, 0.717) is 5.92 Å². The minimum absolute atomic E-state index is 0.247. The van der Waals surface area contributed by atoms with Crippen LogP contribution in [0.2, 0.25) is 0 Å². The Morgan fingerprint density at radius 2 is 2.27 bits per heavy atom. The summed E-state index contributed by atoms with van der Waals surface area (Å²) < 4.78 is 5.84. The van der Waals surface area contributed by atoms with Gasteiger partial charge in [0.25, 0.3) is 0 Å². The Kier molecular flexibility index (Phi) is 2.54. The van der Waals surface area contributed by atoms with Gasteiger partial charge in [0.05, 0.1) is 13.2 Å². The third-order valence-electron chi connectivity index (χ3n) is 4.11. The molecule has 2 aliphatic carbocycles. The Bertz CT molecular complexity index is 266. The quantitative estimate of drug-likeness (QED) is 0.699. The van der Waals surface area contributed by atoms with Gasteiger partial charge in [-0.2, -0.15) is 0 Å². The summed E-state index contributed by atoms with van der Waals surface area (Å²) in [4.78, 5) is 2.30. The minimum atomic E-state index is 0.247. The van der Waals surface area contributed by atoms with Crippen LogP contribution in [0.1, 0.15) is 12.8 Å². The zero-order chi connectivity index (χ0) is 10.3. The molecule has 3 rings (SSSR count). The number of hydrogen-bond donors (Lipinski definition) is 1. The van der Waals surface area contributed by atoms with Gasteiger partial charge in [-0.05, 0) is 24.7 Å². The van der Waals surface area contributed by atoms with Crippen molar-refractivity contribution in [3.8, 4) is 0 Å². The smallest absolute Gasteiger partial charge is 0.114 e. The Morgan fingerprint density at radius 3 is 2.93 bits per heavy atom. The van der Waals surface area contributed by atoms with Crippen molar-refractivity contribution in [3.63, 3.8) is 0 Å². The standard InChI is InChI=1S/C12H19NO2/c14-5-3-13-4-6-15-12(13)11-8-9-1-2-10(11)7-9/h1-2,9-12,14H,3-8H2. The highest BCUT2D eigenvalue weighted by Crippen LogP contribution is 2.46. The Balaban J connectivity index is 1.68. The lowest BCUT2D eigenvalue weighted by Crippen LogP contribution is -2.39. The highest BCUT2D eigenvalue weighted by molar-refractivity contribution is 5.11.